The Morgan fingerprint density at radius 1 is 0.857 bits per heavy atom. The van der Waals surface area contributed by atoms with Gasteiger partial charge in [0.25, 0.3) is 0 Å². The van der Waals surface area contributed by atoms with Crippen LogP contribution in [0.3, 0.4) is 0 Å². The Kier molecular flexibility index (Phi) is 6.20. The second-order valence-corrected chi connectivity index (χ2v) is 3.30. The maximum Gasteiger partial charge on any atom is 0.317 e. The summed E-state index contributed by atoms with van der Waals surface area (Å²) in [5, 5.41) is 0. The van der Waals surface area contributed by atoms with Crippen molar-refractivity contribution in [2.24, 2.45) is 0 Å². The van der Waals surface area contributed by atoms with E-state index >= 15 is 0 Å². The van der Waals surface area contributed by atoms with E-state index < -0.39 is 6.05 Å². The number of likely N-dealkylation sites (N-methyl/N-ethyl adjacent to an activating group) is 2. The van der Waals surface area contributed by atoms with Crippen molar-refractivity contribution < 1.29 is 8.78 Å². The SMILES string of the molecule is CCN(CC)CC(F)(F)N(CC)CC. The van der Waals surface area contributed by atoms with E-state index in [1.54, 1.807) is 18.7 Å². The van der Waals surface area contributed by atoms with Crippen LogP contribution in [0.1, 0.15) is 27.7 Å². The highest BCUT2D eigenvalue weighted by Crippen LogP contribution is 2.20. The fourth-order valence-electron chi connectivity index (χ4n) is 1.50. The molecule has 0 heterocycles. The van der Waals surface area contributed by atoms with Crippen molar-refractivity contribution in [2.75, 3.05) is 32.7 Å². The molecule has 0 spiro atoms. The molecule has 0 aliphatic heterocycles. The number of hydrogen-bond acceptors (Lipinski definition) is 2. The van der Waals surface area contributed by atoms with Crippen molar-refractivity contribution in [3.63, 3.8) is 0 Å². The van der Waals surface area contributed by atoms with Gasteiger partial charge in [0.1, 0.15) is 0 Å². The molecular weight excluding hydrogens is 186 g/mol. The molecule has 0 aromatic carbocycles. The summed E-state index contributed by atoms with van der Waals surface area (Å²) >= 11 is 0. The molecule has 0 fully saturated rings. The molecule has 0 aromatic rings. The first-order valence-electron chi connectivity index (χ1n) is 5.36. The first-order valence-corrected chi connectivity index (χ1v) is 5.36. The Bertz CT molecular complexity index is 143. The highest BCUT2D eigenvalue weighted by atomic mass is 19.3. The summed E-state index contributed by atoms with van der Waals surface area (Å²) in [5.41, 5.74) is 0. The topological polar surface area (TPSA) is 6.48 Å². The van der Waals surface area contributed by atoms with E-state index in [1.165, 1.54) is 4.90 Å². The summed E-state index contributed by atoms with van der Waals surface area (Å²) in [6.07, 6.45) is 0. The van der Waals surface area contributed by atoms with E-state index in [-0.39, 0.29) is 6.54 Å². The van der Waals surface area contributed by atoms with Gasteiger partial charge in [-0.15, -0.1) is 0 Å². The lowest BCUT2D eigenvalue weighted by atomic mass is 10.3. The summed E-state index contributed by atoms with van der Waals surface area (Å²) < 4.78 is 27.2. The van der Waals surface area contributed by atoms with E-state index in [1.807, 2.05) is 13.8 Å². The standard InChI is InChI=1S/C10H22F2N2/c1-5-13(6-2)9-10(11,12)14(7-3)8-4/h5-9H2,1-4H3. The smallest absolute Gasteiger partial charge is 0.297 e. The lowest BCUT2D eigenvalue weighted by Crippen LogP contribution is -2.49. The molecule has 86 valence electrons. The third-order valence-corrected chi connectivity index (χ3v) is 2.53. The molecule has 2 nitrogen and oxygen atoms in total. The highest BCUT2D eigenvalue weighted by molar-refractivity contribution is 4.71. The summed E-state index contributed by atoms with van der Waals surface area (Å²) in [5.74, 6) is 0. The van der Waals surface area contributed by atoms with Gasteiger partial charge in [0.05, 0.1) is 6.54 Å². The molecule has 0 radical (unpaired) electrons. The van der Waals surface area contributed by atoms with Crippen LogP contribution in [0.15, 0.2) is 0 Å². The molecule has 0 rings (SSSR count). The van der Waals surface area contributed by atoms with Crippen LogP contribution in [0.4, 0.5) is 8.78 Å². The van der Waals surface area contributed by atoms with Crippen molar-refractivity contribution in [1.82, 2.24) is 9.80 Å². The molecule has 0 atom stereocenters. The van der Waals surface area contributed by atoms with Gasteiger partial charge in [-0.1, -0.05) is 27.7 Å². The summed E-state index contributed by atoms with van der Waals surface area (Å²) in [6.45, 7) is 9.31. The zero-order valence-electron chi connectivity index (χ0n) is 9.69. The Morgan fingerprint density at radius 3 is 1.57 bits per heavy atom. The molecule has 0 aliphatic carbocycles. The average molecular weight is 208 g/mol. The van der Waals surface area contributed by atoms with Crippen LogP contribution in [-0.2, 0) is 0 Å². The van der Waals surface area contributed by atoms with Gasteiger partial charge in [0, 0.05) is 13.1 Å². The zero-order valence-corrected chi connectivity index (χ0v) is 9.69. The van der Waals surface area contributed by atoms with E-state index in [0.29, 0.717) is 26.2 Å². The van der Waals surface area contributed by atoms with Gasteiger partial charge < -0.3 is 0 Å². The van der Waals surface area contributed by atoms with Gasteiger partial charge in [-0.05, 0) is 13.1 Å². The van der Waals surface area contributed by atoms with E-state index in [2.05, 4.69) is 0 Å². The van der Waals surface area contributed by atoms with Crippen molar-refractivity contribution in [2.45, 2.75) is 33.7 Å². The number of halogens is 2. The predicted molar refractivity (Wildman–Crippen MR) is 55.7 cm³/mol. The van der Waals surface area contributed by atoms with Gasteiger partial charge in [-0.25, -0.2) is 4.90 Å². The maximum absolute atomic E-state index is 13.6. The monoisotopic (exact) mass is 208 g/mol. The minimum absolute atomic E-state index is 0.165. The largest absolute Gasteiger partial charge is 0.317 e. The first-order chi connectivity index (χ1) is 6.51. The molecule has 0 aromatic heterocycles. The van der Waals surface area contributed by atoms with Crippen LogP contribution in [0.2, 0.25) is 0 Å². The minimum Gasteiger partial charge on any atom is -0.297 e. The predicted octanol–water partition coefficient (Wildman–Crippen LogP) is 2.26. The van der Waals surface area contributed by atoms with Crippen molar-refractivity contribution >= 4 is 0 Å². The molecule has 0 unspecified atom stereocenters. The molecule has 0 amide bonds. The van der Waals surface area contributed by atoms with Crippen molar-refractivity contribution in [1.29, 1.82) is 0 Å². The first kappa shape index (κ1) is 13.8. The quantitative estimate of drug-likeness (QED) is 0.592. The third kappa shape index (κ3) is 3.88. The van der Waals surface area contributed by atoms with Gasteiger partial charge in [0.2, 0.25) is 0 Å². The molecule has 0 N–H and O–H groups in total. The molecule has 0 aliphatic rings. The van der Waals surface area contributed by atoms with Crippen LogP contribution < -0.4 is 0 Å². The average Bonchev–Trinajstić information content (AvgIpc) is 2.15. The van der Waals surface area contributed by atoms with Crippen molar-refractivity contribution in [3.8, 4) is 0 Å². The lowest BCUT2D eigenvalue weighted by Gasteiger charge is -2.32. The molecule has 4 heteroatoms. The highest BCUT2D eigenvalue weighted by Gasteiger charge is 2.36. The Labute approximate surface area is 85.9 Å². The van der Waals surface area contributed by atoms with E-state index in [4.69, 9.17) is 0 Å². The fourth-order valence-corrected chi connectivity index (χ4v) is 1.50. The number of alkyl halides is 2. The number of rotatable bonds is 7. The maximum atomic E-state index is 13.6. The molecule has 0 saturated heterocycles. The number of nitrogens with zero attached hydrogens (tertiary/aromatic N) is 2. The lowest BCUT2D eigenvalue weighted by molar-refractivity contribution is -0.156. The van der Waals surface area contributed by atoms with Crippen LogP contribution in [0.25, 0.3) is 0 Å². The van der Waals surface area contributed by atoms with Crippen LogP contribution in [0.5, 0.6) is 0 Å². The van der Waals surface area contributed by atoms with Gasteiger partial charge >= 0.3 is 6.05 Å². The fraction of sp³-hybridized carbons (Fsp3) is 1.00. The number of hydrogen-bond donors (Lipinski definition) is 0. The second kappa shape index (κ2) is 6.30. The van der Waals surface area contributed by atoms with Gasteiger partial charge in [-0.3, -0.25) is 4.90 Å². The minimum atomic E-state index is -2.70. The zero-order chi connectivity index (χ0) is 11.2. The Hall–Kier alpha value is -0.220. The van der Waals surface area contributed by atoms with Crippen LogP contribution in [-0.4, -0.2) is 48.6 Å². The molecule has 0 bridgehead atoms. The second-order valence-electron chi connectivity index (χ2n) is 3.30. The van der Waals surface area contributed by atoms with Gasteiger partial charge in [-0.2, -0.15) is 8.78 Å². The van der Waals surface area contributed by atoms with Gasteiger partial charge in [0.15, 0.2) is 0 Å². The summed E-state index contributed by atoms with van der Waals surface area (Å²) in [4.78, 5) is 2.95. The van der Waals surface area contributed by atoms with E-state index in [0.717, 1.165) is 0 Å². The third-order valence-electron chi connectivity index (χ3n) is 2.53. The summed E-state index contributed by atoms with van der Waals surface area (Å²) in [7, 11) is 0. The molecule has 14 heavy (non-hydrogen) atoms. The molecule has 0 saturated carbocycles. The Balaban J connectivity index is 4.28. The Morgan fingerprint density at radius 2 is 1.29 bits per heavy atom. The molecular formula is C10H22F2N2. The normalized spacial score (nSPS) is 12.9. The van der Waals surface area contributed by atoms with Crippen molar-refractivity contribution in [3.05, 3.63) is 0 Å². The van der Waals surface area contributed by atoms with Crippen LogP contribution in [0, 0.1) is 0 Å². The van der Waals surface area contributed by atoms with E-state index in [9.17, 15) is 8.78 Å². The van der Waals surface area contributed by atoms with Crippen LogP contribution >= 0.6 is 0 Å². The summed E-state index contributed by atoms with van der Waals surface area (Å²) in [6, 6.07) is -2.70.